The molecule has 0 radical (unpaired) electrons. The van der Waals surface area contributed by atoms with Crippen LogP contribution in [0.5, 0.6) is 0 Å². The zero-order chi connectivity index (χ0) is 17.2. The van der Waals surface area contributed by atoms with E-state index in [1.807, 2.05) is 6.92 Å². The molecule has 2 heterocycles. The van der Waals surface area contributed by atoms with Crippen LogP contribution in [0.15, 0.2) is 0 Å². The summed E-state index contributed by atoms with van der Waals surface area (Å²) in [6, 6.07) is 0.476. The predicted molar refractivity (Wildman–Crippen MR) is 102 cm³/mol. The lowest BCUT2D eigenvalue weighted by Crippen LogP contribution is -2.49. The molecule has 1 unspecified atom stereocenters. The largest absolute Gasteiger partial charge is 0.338 e. The Bertz CT molecular complexity index is 545. The highest BCUT2D eigenvalue weighted by molar-refractivity contribution is 7.91. The van der Waals surface area contributed by atoms with E-state index in [-0.39, 0.29) is 35.9 Å². The van der Waals surface area contributed by atoms with Gasteiger partial charge in [-0.05, 0) is 51.5 Å². The lowest BCUT2D eigenvalue weighted by atomic mass is 10.0. The van der Waals surface area contributed by atoms with Crippen LogP contribution >= 0.6 is 12.4 Å². The van der Waals surface area contributed by atoms with Crippen molar-refractivity contribution in [1.82, 2.24) is 15.1 Å². The van der Waals surface area contributed by atoms with Gasteiger partial charge in [0.25, 0.3) is 0 Å². The van der Waals surface area contributed by atoms with Gasteiger partial charge in [0.2, 0.25) is 5.91 Å². The maximum atomic E-state index is 12.6. The van der Waals surface area contributed by atoms with Crippen LogP contribution in [0.3, 0.4) is 0 Å². The third-order valence-corrected chi connectivity index (χ3v) is 7.40. The Balaban J connectivity index is 0.00000225. The van der Waals surface area contributed by atoms with Gasteiger partial charge in [0.1, 0.15) is 0 Å². The van der Waals surface area contributed by atoms with Crippen LogP contribution in [0.4, 0.5) is 0 Å². The zero-order valence-electron chi connectivity index (χ0n) is 15.2. The predicted octanol–water partition coefficient (Wildman–Crippen LogP) is 0.908. The minimum atomic E-state index is -2.95. The summed E-state index contributed by atoms with van der Waals surface area (Å²) >= 11 is 0. The molecule has 8 heteroatoms. The molecular weight excluding hydrogens is 362 g/mol. The van der Waals surface area contributed by atoms with Crippen LogP contribution in [0.1, 0.15) is 39.0 Å². The van der Waals surface area contributed by atoms with Gasteiger partial charge in [-0.15, -0.1) is 12.4 Å². The monoisotopic (exact) mass is 393 g/mol. The Hall–Kier alpha value is -0.370. The van der Waals surface area contributed by atoms with E-state index in [2.05, 4.69) is 10.2 Å². The number of carbonyl (C=O) groups excluding carboxylic acids is 1. The van der Waals surface area contributed by atoms with Gasteiger partial charge in [-0.2, -0.15) is 0 Å². The second kappa shape index (κ2) is 9.02. The van der Waals surface area contributed by atoms with Crippen LogP contribution in [0, 0.1) is 5.92 Å². The van der Waals surface area contributed by atoms with Gasteiger partial charge in [-0.3, -0.25) is 9.69 Å². The number of hydrogen-bond donors (Lipinski definition) is 1. The topological polar surface area (TPSA) is 69.7 Å². The maximum absolute atomic E-state index is 12.6. The first-order chi connectivity index (χ1) is 11.5. The van der Waals surface area contributed by atoms with Gasteiger partial charge in [0, 0.05) is 31.7 Å². The van der Waals surface area contributed by atoms with Crippen LogP contribution in [-0.2, 0) is 14.6 Å². The molecule has 2 saturated heterocycles. The molecule has 3 rings (SSSR count). The number of nitrogens with zero attached hydrogens (tertiary/aromatic N) is 2. The van der Waals surface area contributed by atoms with Gasteiger partial charge in [-0.1, -0.05) is 0 Å². The Morgan fingerprint density at radius 1 is 1.16 bits per heavy atom. The van der Waals surface area contributed by atoms with E-state index >= 15 is 0 Å². The van der Waals surface area contributed by atoms with E-state index in [4.69, 9.17) is 0 Å². The van der Waals surface area contributed by atoms with Crippen molar-refractivity contribution < 1.29 is 13.2 Å². The van der Waals surface area contributed by atoms with Crippen molar-refractivity contribution >= 4 is 28.2 Å². The number of amides is 1. The minimum absolute atomic E-state index is 0. The van der Waals surface area contributed by atoms with E-state index in [1.165, 1.54) is 12.8 Å². The third-order valence-electron chi connectivity index (χ3n) is 5.65. The summed E-state index contributed by atoms with van der Waals surface area (Å²) in [6.45, 7) is 6.03. The van der Waals surface area contributed by atoms with E-state index in [0.717, 1.165) is 38.4 Å². The average molecular weight is 394 g/mol. The van der Waals surface area contributed by atoms with Gasteiger partial charge >= 0.3 is 0 Å². The number of likely N-dealkylation sites (tertiary alicyclic amines) is 1. The number of nitrogens with one attached hydrogen (secondary N) is 1. The summed E-state index contributed by atoms with van der Waals surface area (Å²) in [5.74, 6) is 1.36. The summed E-state index contributed by atoms with van der Waals surface area (Å²) in [5.41, 5.74) is 0. The van der Waals surface area contributed by atoms with E-state index < -0.39 is 9.84 Å². The number of sulfone groups is 1. The number of hydrogen-bond acceptors (Lipinski definition) is 5. The summed E-state index contributed by atoms with van der Waals surface area (Å²) in [4.78, 5) is 16.6. The van der Waals surface area contributed by atoms with Crippen LogP contribution < -0.4 is 5.32 Å². The van der Waals surface area contributed by atoms with E-state index in [0.29, 0.717) is 25.6 Å². The molecular formula is C17H32ClN3O3S. The summed E-state index contributed by atoms with van der Waals surface area (Å²) < 4.78 is 23.3. The molecule has 25 heavy (non-hydrogen) atoms. The quantitative estimate of drug-likeness (QED) is 0.696. The van der Waals surface area contributed by atoms with Crippen molar-refractivity contribution in [2.24, 2.45) is 5.92 Å². The molecule has 0 bridgehead atoms. The normalized spacial score (nSPS) is 27.0. The molecule has 1 aliphatic carbocycles. The molecule has 0 aromatic carbocycles. The molecule has 1 saturated carbocycles. The highest BCUT2D eigenvalue weighted by atomic mass is 35.5. The van der Waals surface area contributed by atoms with Gasteiger partial charge in [-0.25, -0.2) is 8.42 Å². The number of rotatable bonds is 7. The number of piperidine rings is 1. The van der Waals surface area contributed by atoms with Crippen molar-refractivity contribution in [1.29, 1.82) is 0 Å². The highest BCUT2D eigenvalue weighted by Gasteiger charge is 2.34. The van der Waals surface area contributed by atoms with Crippen molar-refractivity contribution in [2.75, 3.05) is 44.2 Å². The Morgan fingerprint density at radius 3 is 2.36 bits per heavy atom. The smallest absolute Gasteiger partial charge is 0.237 e. The van der Waals surface area contributed by atoms with E-state index in [9.17, 15) is 13.2 Å². The first kappa shape index (κ1) is 20.9. The molecule has 1 N–H and O–H groups in total. The van der Waals surface area contributed by atoms with Crippen molar-refractivity contribution in [3.63, 3.8) is 0 Å². The minimum Gasteiger partial charge on any atom is -0.338 e. The van der Waals surface area contributed by atoms with Crippen molar-refractivity contribution in [3.05, 3.63) is 0 Å². The molecule has 1 atom stereocenters. The average Bonchev–Trinajstić information content (AvgIpc) is 3.30. The zero-order valence-corrected chi connectivity index (χ0v) is 16.8. The Morgan fingerprint density at radius 2 is 1.84 bits per heavy atom. The highest BCUT2D eigenvalue weighted by Crippen LogP contribution is 2.28. The fraction of sp³-hybridized carbons (Fsp3) is 0.941. The lowest BCUT2D eigenvalue weighted by Gasteiger charge is -2.34. The molecule has 0 aromatic heterocycles. The first-order valence-corrected chi connectivity index (χ1v) is 11.2. The van der Waals surface area contributed by atoms with E-state index in [1.54, 1.807) is 4.90 Å². The lowest BCUT2D eigenvalue weighted by molar-refractivity contribution is -0.134. The maximum Gasteiger partial charge on any atom is 0.237 e. The first-order valence-electron chi connectivity index (χ1n) is 9.42. The molecule has 1 amide bonds. The molecule has 0 aromatic rings. The molecule has 3 aliphatic rings. The summed E-state index contributed by atoms with van der Waals surface area (Å²) in [6.07, 6.45) is 5.55. The molecule has 2 aliphatic heterocycles. The fourth-order valence-corrected chi connectivity index (χ4v) is 5.62. The van der Waals surface area contributed by atoms with Crippen LogP contribution in [0.2, 0.25) is 0 Å². The third kappa shape index (κ3) is 6.08. The second-order valence-electron chi connectivity index (χ2n) is 7.64. The summed E-state index contributed by atoms with van der Waals surface area (Å²) in [5, 5.41) is 3.66. The van der Waals surface area contributed by atoms with Crippen molar-refractivity contribution in [3.8, 4) is 0 Å². The SMILES string of the molecule is CCN(C(=O)CN1CCC(NCC2CC2)CC1)C1CCS(=O)(=O)C1.Cl. The molecule has 3 fully saturated rings. The number of likely N-dealkylation sites (N-methyl/N-ethyl adjacent to an activating group) is 1. The standard InChI is InChI=1S/C17H31N3O3S.ClH/c1-2-20(16-7-10-24(22,23)13-16)17(21)12-19-8-5-15(6-9-19)18-11-14-3-4-14;/h14-16,18H,2-13H2,1H3;1H. The van der Waals surface area contributed by atoms with Gasteiger partial charge < -0.3 is 10.2 Å². The number of carbonyl (C=O) groups is 1. The molecule has 0 spiro atoms. The Labute approximate surface area is 158 Å². The van der Waals surface area contributed by atoms with Gasteiger partial charge in [0.05, 0.1) is 18.1 Å². The summed E-state index contributed by atoms with van der Waals surface area (Å²) in [7, 11) is -2.95. The van der Waals surface area contributed by atoms with Crippen molar-refractivity contribution in [2.45, 2.75) is 51.1 Å². The number of halogens is 1. The molecule has 146 valence electrons. The van der Waals surface area contributed by atoms with Gasteiger partial charge in [0.15, 0.2) is 9.84 Å². The van der Waals surface area contributed by atoms with Crippen LogP contribution in [0.25, 0.3) is 0 Å². The second-order valence-corrected chi connectivity index (χ2v) is 9.87. The molecule has 6 nitrogen and oxygen atoms in total. The Kier molecular flexibility index (Phi) is 7.55. The van der Waals surface area contributed by atoms with Crippen LogP contribution in [-0.4, -0.2) is 80.4 Å². The fourth-order valence-electron chi connectivity index (χ4n) is 3.89.